The Morgan fingerprint density at radius 1 is 1.04 bits per heavy atom. The maximum absolute atomic E-state index is 12.2. The molecular weight excluding hydrogens is 405 g/mol. The number of anilines is 1. The van der Waals surface area contributed by atoms with E-state index in [0.29, 0.717) is 22.8 Å². The zero-order valence-electron chi connectivity index (χ0n) is 14.6. The van der Waals surface area contributed by atoms with E-state index in [1.807, 2.05) is 0 Å². The van der Waals surface area contributed by atoms with Crippen molar-refractivity contribution in [2.75, 3.05) is 11.9 Å². The van der Waals surface area contributed by atoms with E-state index in [9.17, 15) is 9.59 Å². The number of thiocarbonyl (C=S) groups is 1. The molecule has 0 aromatic heterocycles. The molecule has 27 heavy (non-hydrogen) atoms. The molecule has 3 N–H and O–H groups in total. The van der Waals surface area contributed by atoms with Crippen LogP contribution in [-0.2, 0) is 0 Å². The average Bonchev–Trinajstić information content (AvgIpc) is 2.62. The Morgan fingerprint density at radius 2 is 1.74 bits per heavy atom. The van der Waals surface area contributed by atoms with Crippen molar-refractivity contribution in [2.45, 2.75) is 19.8 Å². The van der Waals surface area contributed by atoms with Crippen molar-refractivity contribution in [3.63, 3.8) is 0 Å². The molecule has 142 valence electrons. The molecule has 0 saturated heterocycles. The highest BCUT2D eigenvalue weighted by molar-refractivity contribution is 7.80. The van der Waals surface area contributed by atoms with Crippen LogP contribution in [-0.4, -0.2) is 23.5 Å². The van der Waals surface area contributed by atoms with Gasteiger partial charge in [-0.05, 0) is 61.1 Å². The summed E-state index contributed by atoms with van der Waals surface area (Å²) in [6.45, 7) is 2.72. The number of halogens is 2. The zero-order chi connectivity index (χ0) is 19.8. The van der Waals surface area contributed by atoms with Crippen molar-refractivity contribution in [3.05, 3.63) is 63.6 Å². The lowest BCUT2D eigenvalue weighted by Crippen LogP contribution is -2.34. The highest BCUT2D eigenvalue weighted by atomic mass is 35.5. The molecule has 8 heteroatoms. The van der Waals surface area contributed by atoms with Gasteiger partial charge in [0.05, 0.1) is 10.6 Å². The Morgan fingerprint density at radius 3 is 2.37 bits per heavy atom. The molecule has 0 atom stereocenters. The number of nitrogens with one attached hydrogen (secondary N) is 3. The summed E-state index contributed by atoms with van der Waals surface area (Å²) >= 11 is 17.0. The summed E-state index contributed by atoms with van der Waals surface area (Å²) in [5.74, 6) is -0.565. The Hall–Kier alpha value is -2.15. The van der Waals surface area contributed by atoms with Crippen LogP contribution in [0.4, 0.5) is 5.69 Å². The first kappa shape index (κ1) is 21.2. The van der Waals surface area contributed by atoms with Gasteiger partial charge in [0, 0.05) is 22.8 Å². The quantitative estimate of drug-likeness (QED) is 0.467. The second kappa shape index (κ2) is 10.3. The molecule has 2 aromatic rings. The molecule has 0 heterocycles. The minimum atomic E-state index is -0.443. The fraction of sp³-hybridized carbons (Fsp3) is 0.211. The third-order valence-corrected chi connectivity index (χ3v) is 4.38. The normalized spacial score (nSPS) is 10.2. The summed E-state index contributed by atoms with van der Waals surface area (Å²) < 4.78 is 0. The SMILES string of the molecule is CCCCNC(=O)c1ccc(NC(=S)NC(=O)c2ccc(Cl)cc2Cl)cc1. The van der Waals surface area contributed by atoms with E-state index in [1.54, 1.807) is 30.3 Å². The molecule has 0 saturated carbocycles. The molecule has 2 rings (SSSR count). The average molecular weight is 424 g/mol. The maximum atomic E-state index is 12.2. The van der Waals surface area contributed by atoms with Crippen LogP contribution >= 0.6 is 35.4 Å². The standard InChI is InChI=1S/C19H19Cl2N3O2S/c1-2-3-10-22-17(25)12-4-7-14(8-5-12)23-19(27)24-18(26)15-9-6-13(20)11-16(15)21/h4-9,11H,2-3,10H2,1H3,(H,22,25)(H2,23,24,26,27). The number of hydrogen-bond donors (Lipinski definition) is 3. The lowest BCUT2D eigenvalue weighted by Gasteiger charge is -2.11. The van der Waals surface area contributed by atoms with Crippen LogP contribution in [0.15, 0.2) is 42.5 Å². The fourth-order valence-corrected chi connectivity index (χ4v) is 2.90. The van der Waals surface area contributed by atoms with Crippen LogP contribution in [0.3, 0.4) is 0 Å². The van der Waals surface area contributed by atoms with Gasteiger partial charge in [0.1, 0.15) is 0 Å². The summed E-state index contributed by atoms with van der Waals surface area (Å²) in [6.07, 6.45) is 1.96. The van der Waals surface area contributed by atoms with Crippen molar-refractivity contribution in [1.29, 1.82) is 0 Å². The van der Waals surface area contributed by atoms with E-state index in [0.717, 1.165) is 12.8 Å². The van der Waals surface area contributed by atoms with Crippen molar-refractivity contribution in [1.82, 2.24) is 10.6 Å². The molecule has 0 aliphatic heterocycles. The fourth-order valence-electron chi connectivity index (χ4n) is 2.19. The summed E-state index contributed by atoms with van der Waals surface area (Å²) in [4.78, 5) is 24.2. The second-order valence-electron chi connectivity index (χ2n) is 5.72. The van der Waals surface area contributed by atoms with Crippen LogP contribution in [0.2, 0.25) is 10.0 Å². The molecule has 0 spiro atoms. The van der Waals surface area contributed by atoms with Gasteiger partial charge in [-0.2, -0.15) is 0 Å². The first-order valence-corrected chi connectivity index (χ1v) is 9.52. The molecule has 0 unspecified atom stereocenters. The summed E-state index contributed by atoms with van der Waals surface area (Å²) in [5, 5.41) is 9.09. The van der Waals surface area contributed by atoms with Crippen molar-refractivity contribution in [3.8, 4) is 0 Å². The van der Waals surface area contributed by atoms with E-state index in [-0.39, 0.29) is 21.6 Å². The number of amides is 2. The van der Waals surface area contributed by atoms with Crippen molar-refractivity contribution >= 4 is 58.0 Å². The minimum Gasteiger partial charge on any atom is -0.352 e. The topological polar surface area (TPSA) is 70.2 Å². The molecule has 0 aliphatic carbocycles. The Labute approximate surface area is 173 Å². The van der Waals surface area contributed by atoms with Gasteiger partial charge in [-0.25, -0.2) is 0 Å². The Balaban J connectivity index is 1.91. The van der Waals surface area contributed by atoms with Gasteiger partial charge in [-0.15, -0.1) is 0 Å². The molecule has 0 fully saturated rings. The third kappa shape index (κ3) is 6.50. The van der Waals surface area contributed by atoms with E-state index in [4.69, 9.17) is 35.4 Å². The highest BCUT2D eigenvalue weighted by Gasteiger charge is 2.12. The molecule has 5 nitrogen and oxygen atoms in total. The molecular formula is C19H19Cl2N3O2S. The number of benzene rings is 2. The third-order valence-electron chi connectivity index (χ3n) is 3.62. The van der Waals surface area contributed by atoms with Crippen LogP contribution in [0.1, 0.15) is 40.5 Å². The van der Waals surface area contributed by atoms with E-state index in [2.05, 4.69) is 22.9 Å². The van der Waals surface area contributed by atoms with Crippen LogP contribution in [0.5, 0.6) is 0 Å². The van der Waals surface area contributed by atoms with Crippen LogP contribution in [0.25, 0.3) is 0 Å². The predicted molar refractivity (Wildman–Crippen MR) is 114 cm³/mol. The van der Waals surface area contributed by atoms with Gasteiger partial charge in [0.15, 0.2) is 5.11 Å². The van der Waals surface area contributed by atoms with Gasteiger partial charge in [0.25, 0.3) is 11.8 Å². The number of carbonyl (C=O) groups excluding carboxylic acids is 2. The van der Waals surface area contributed by atoms with Gasteiger partial charge < -0.3 is 10.6 Å². The van der Waals surface area contributed by atoms with E-state index < -0.39 is 5.91 Å². The Bertz CT molecular complexity index is 841. The van der Waals surface area contributed by atoms with E-state index in [1.165, 1.54) is 12.1 Å². The summed E-state index contributed by atoms with van der Waals surface area (Å²) in [6, 6.07) is 11.4. The molecule has 2 amide bonds. The van der Waals surface area contributed by atoms with Crippen LogP contribution in [0, 0.1) is 0 Å². The number of hydrogen-bond acceptors (Lipinski definition) is 3. The predicted octanol–water partition coefficient (Wildman–Crippen LogP) is 4.65. The van der Waals surface area contributed by atoms with Crippen molar-refractivity contribution in [2.24, 2.45) is 0 Å². The molecule has 0 bridgehead atoms. The second-order valence-corrected chi connectivity index (χ2v) is 6.97. The van der Waals surface area contributed by atoms with Crippen molar-refractivity contribution < 1.29 is 9.59 Å². The number of unbranched alkanes of at least 4 members (excludes halogenated alkanes) is 1. The monoisotopic (exact) mass is 423 g/mol. The first-order valence-electron chi connectivity index (χ1n) is 8.36. The van der Waals surface area contributed by atoms with Gasteiger partial charge >= 0.3 is 0 Å². The largest absolute Gasteiger partial charge is 0.352 e. The lowest BCUT2D eigenvalue weighted by molar-refractivity contribution is 0.0950. The summed E-state index contributed by atoms with van der Waals surface area (Å²) in [5.41, 5.74) is 1.47. The molecule has 0 aliphatic rings. The number of carbonyl (C=O) groups is 2. The first-order chi connectivity index (χ1) is 12.9. The Kier molecular flexibility index (Phi) is 8.03. The zero-order valence-corrected chi connectivity index (χ0v) is 17.0. The minimum absolute atomic E-state index is 0.117. The highest BCUT2D eigenvalue weighted by Crippen LogP contribution is 2.20. The van der Waals surface area contributed by atoms with Crippen LogP contribution < -0.4 is 16.0 Å². The van der Waals surface area contributed by atoms with Gasteiger partial charge in [-0.1, -0.05) is 36.5 Å². The van der Waals surface area contributed by atoms with Gasteiger partial charge in [-0.3, -0.25) is 14.9 Å². The molecule has 2 aromatic carbocycles. The smallest absolute Gasteiger partial charge is 0.258 e. The number of rotatable bonds is 6. The summed E-state index contributed by atoms with van der Waals surface area (Å²) in [7, 11) is 0. The molecule has 0 radical (unpaired) electrons. The maximum Gasteiger partial charge on any atom is 0.258 e. The lowest BCUT2D eigenvalue weighted by atomic mass is 10.2. The van der Waals surface area contributed by atoms with Gasteiger partial charge in [0.2, 0.25) is 0 Å². The van der Waals surface area contributed by atoms with E-state index >= 15 is 0 Å².